The molecule has 1 saturated heterocycles. The number of hydrogen-bond acceptors (Lipinski definition) is 6. The van der Waals surface area contributed by atoms with E-state index in [0.717, 1.165) is 29.5 Å². The second kappa shape index (κ2) is 9.27. The summed E-state index contributed by atoms with van der Waals surface area (Å²) in [5.74, 6) is -0.574. The van der Waals surface area contributed by atoms with Crippen LogP contribution in [0.3, 0.4) is 0 Å². The first-order chi connectivity index (χ1) is 16.1. The number of hydrogen-bond donors (Lipinski definition) is 1. The maximum atomic E-state index is 13.2. The standard InChI is InChI=1S/C24H24N4O4S/c29-21(25-17-9-10-17)23(31)28-13-11-27(12-14-28)22(30)18-6-2-1-5-16(18)15-33-24-26-19-7-3-4-8-20(19)32-24/h1-8,17H,9-15H2,(H,25,29). The Labute approximate surface area is 195 Å². The average Bonchev–Trinajstić information content (AvgIpc) is 3.57. The molecule has 170 valence electrons. The first-order valence-corrected chi connectivity index (χ1v) is 12.0. The molecule has 2 fully saturated rings. The number of piperazine rings is 1. The van der Waals surface area contributed by atoms with Gasteiger partial charge in [0.1, 0.15) is 5.52 Å². The summed E-state index contributed by atoms with van der Waals surface area (Å²) >= 11 is 1.45. The second-order valence-electron chi connectivity index (χ2n) is 8.23. The quantitative estimate of drug-likeness (QED) is 0.461. The third kappa shape index (κ3) is 4.88. The first kappa shape index (κ1) is 21.5. The molecule has 0 radical (unpaired) electrons. The van der Waals surface area contributed by atoms with E-state index in [0.29, 0.717) is 42.7 Å². The number of oxazole rings is 1. The van der Waals surface area contributed by atoms with Crippen LogP contribution in [0.5, 0.6) is 0 Å². The number of benzene rings is 2. The van der Waals surface area contributed by atoms with Gasteiger partial charge >= 0.3 is 11.8 Å². The van der Waals surface area contributed by atoms with E-state index < -0.39 is 11.8 Å². The van der Waals surface area contributed by atoms with Crippen molar-refractivity contribution in [1.82, 2.24) is 20.1 Å². The van der Waals surface area contributed by atoms with Gasteiger partial charge in [0.15, 0.2) is 5.58 Å². The normalized spacial score (nSPS) is 16.1. The second-order valence-corrected chi connectivity index (χ2v) is 9.15. The number of fused-ring (bicyclic) bond motifs is 1. The van der Waals surface area contributed by atoms with Crippen LogP contribution in [0.15, 0.2) is 58.2 Å². The van der Waals surface area contributed by atoms with E-state index >= 15 is 0 Å². The zero-order chi connectivity index (χ0) is 22.8. The number of carbonyl (C=O) groups excluding carboxylic acids is 3. The fraction of sp³-hybridized carbons (Fsp3) is 0.333. The van der Waals surface area contributed by atoms with E-state index in [1.165, 1.54) is 16.7 Å². The number of thioether (sulfide) groups is 1. The van der Waals surface area contributed by atoms with Crippen LogP contribution >= 0.6 is 11.8 Å². The van der Waals surface area contributed by atoms with Crippen LogP contribution in [-0.2, 0) is 15.3 Å². The molecule has 1 saturated carbocycles. The highest BCUT2D eigenvalue weighted by molar-refractivity contribution is 7.98. The Hall–Kier alpha value is -3.33. The van der Waals surface area contributed by atoms with Gasteiger partial charge in [-0.2, -0.15) is 0 Å². The van der Waals surface area contributed by atoms with Gasteiger partial charge in [-0.15, -0.1) is 0 Å². The molecule has 1 aliphatic heterocycles. The monoisotopic (exact) mass is 464 g/mol. The molecule has 1 aromatic heterocycles. The minimum atomic E-state index is -0.543. The van der Waals surface area contributed by atoms with Gasteiger partial charge in [-0.1, -0.05) is 42.1 Å². The molecule has 2 heterocycles. The van der Waals surface area contributed by atoms with Crippen molar-refractivity contribution in [1.29, 1.82) is 0 Å². The molecule has 2 aromatic carbocycles. The van der Waals surface area contributed by atoms with Gasteiger partial charge in [0, 0.05) is 43.5 Å². The average molecular weight is 465 g/mol. The van der Waals surface area contributed by atoms with E-state index in [2.05, 4.69) is 10.3 Å². The van der Waals surface area contributed by atoms with E-state index in [4.69, 9.17) is 4.42 Å². The fourth-order valence-corrected chi connectivity index (χ4v) is 4.65. The lowest BCUT2D eigenvalue weighted by Crippen LogP contribution is -2.54. The van der Waals surface area contributed by atoms with Gasteiger partial charge in [-0.25, -0.2) is 4.98 Å². The number of para-hydroxylation sites is 2. The largest absolute Gasteiger partial charge is 0.431 e. The smallest absolute Gasteiger partial charge is 0.312 e. The highest BCUT2D eigenvalue weighted by Crippen LogP contribution is 2.28. The van der Waals surface area contributed by atoms with Gasteiger partial charge in [-0.05, 0) is 36.6 Å². The van der Waals surface area contributed by atoms with E-state index in [1.54, 1.807) is 4.90 Å². The molecule has 1 aliphatic carbocycles. The molecular weight excluding hydrogens is 440 g/mol. The molecule has 2 aliphatic rings. The number of nitrogens with one attached hydrogen (secondary N) is 1. The molecule has 0 bridgehead atoms. The van der Waals surface area contributed by atoms with Gasteiger partial charge in [0.05, 0.1) is 0 Å². The lowest BCUT2D eigenvalue weighted by Gasteiger charge is -2.34. The van der Waals surface area contributed by atoms with Crippen molar-refractivity contribution in [3.8, 4) is 0 Å². The van der Waals surface area contributed by atoms with Gasteiger partial charge in [-0.3, -0.25) is 14.4 Å². The van der Waals surface area contributed by atoms with Crippen LogP contribution in [0.25, 0.3) is 11.1 Å². The molecule has 8 nitrogen and oxygen atoms in total. The summed E-state index contributed by atoms with van der Waals surface area (Å²) in [6.45, 7) is 1.49. The van der Waals surface area contributed by atoms with Crippen molar-refractivity contribution in [2.75, 3.05) is 26.2 Å². The van der Waals surface area contributed by atoms with Crippen molar-refractivity contribution in [2.24, 2.45) is 0 Å². The maximum absolute atomic E-state index is 13.2. The number of amides is 3. The van der Waals surface area contributed by atoms with E-state index in [9.17, 15) is 14.4 Å². The highest BCUT2D eigenvalue weighted by atomic mass is 32.2. The minimum Gasteiger partial charge on any atom is -0.431 e. The summed E-state index contributed by atoms with van der Waals surface area (Å²) in [5, 5.41) is 3.29. The third-order valence-electron chi connectivity index (χ3n) is 5.83. The topological polar surface area (TPSA) is 95.8 Å². The molecule has 0 spiro atoms. The Morgan fingerprint density at radius 1 is 0.970 bits per heavy atom. The molecule has 1 N–H and O–H groups in total. The van der Waals surface area contributed by atoms with Crippen LogP contribution < -0.4 is 5.32 Å². The van der Waals surface area contributed by atoms with E-state index in [-0.39, 0.29) is 11.9 Å². The van der Waals surface area contributed by atoms with Crippen LogP contribution in [-0.4, -0.2) is 64.7 Å². The molecule has 0 unspecified atom stereocenters. The zero-order valence-corrected chi connectivity index (χ0v) is 18.8. The molecule has 3 amide bonds. The summed E-state index contributed by atoms with van der Waals surface area (Å²) in [6, 6.07) is 15.3. The van der Waals surface area contributed by atoms with Gasteiger partial charge < -0.3 is 19.5 Å². The summed E-state index contributed by atoms with van der Waals surface area (Å²) in [4.78, 5) is 45.3. The van der Waals surface area contributed by atoms with Crippen LogP contribution in [0, 0.1) is 0 Å². The predicted molar refractivity (Wildman–Crippen MR) is 124 cm³/mol. The lowest BCUT2D eigenvalue weighted by molar-refractivity contribution is -0.146. The van der Waals surface area contributed by atoms with Crippen molar-refractivity contribution >= 4 is 40.6 Å². The highest BCUT2D eigenvalue weighted by Gasteiger charge is 2.32. The molecule has 33 heavy (non-hydrogen) atoms. The Balaban J connectivity index is 1.20. The first-order valence-electron chi connectivity index (χ1n) is 11.0. The minimum absolute atomic E-state index is 0.0710. The molecule has 3 aromatic rings. The van der Waals surface area contributed by atoms with Crippen LogP contribution in [0.2, 0.25) is 0 Å². The van der Waals surface area contributed by atoms with Gasteiger partial charge in [0.25, 0.3) is 11.1 Å². The van der Waals surface area contributed by atoms with Gasteiger partial charge in [0.2, 0.25) is 0 Å². The number of carbonyl (C=O) groups is 3. The maximum Gasteiger partial charge on any atom is 0.312 e. The Morgan fingerprint density at radius 3 is 2.42 bits per heavy atom. The summed E-state index contributed by atoms with van der Waals surface area (Å²) in [7, 11) is 0. The van der Waals surface area contributed by atoms with Crippen molar-refractivity contribution < 1.29 is 18.8 Å². The Bertz CT molecular complexity index is 1160. The van der Waals surface area contributed by atoms with Crippen molar-refractivity contribution in [3.05, 3.63) is 59.7 Å². The molecule has 5 rings (SSSR count). The molecule has 9 heteroatoms. The van der Waals surface area contributed by atoms with Crippen molar-refractivity contribution in [3.63, 3.8) is 0 Å². The zero-order valence-electron chi connectivity index (χ0n) is 18.0. The fourth-order valence-electron chi connectivity index (χ4n) is 3.81. The lowest BCUT2D eigenvalue weighted by atomic mass is 10.1. The van der Waals surface area contributed by atoms with Crippen LogP contribution in [0.1, 0.15) is 28.8 Å². The summed E-state index contributed by atoms with van der Waals surface area (Å²) in [5.41, 5.74) is 3.08. The number of aromatic nitrogens is 1. The SMILES string of the molecule is O=C(NC1CC1)C(=O)N1CCN(C(=O)c2ccccc2CSc2nc3ccccc3o2)CC1. The molecule has 0 atom stereocenters. The van der Waals surface area contributed by atoms with Crippen molar-refractivity contribution in [2.45, 2.75) is 29.9 Å². The Kier molecular flexibility index (Phi) is 6.04. The Morgan fingerprint density at radius 2 is 1.67 bits per heavy atom. The summed E-state index contributed by atoms with van der Waals surface area (Å²) in [6.07, 6.45) is 1.87. The predicted octanol–water partition coefficient (Wildman–Crippen LogP) is 2.68. The summed E-state index contributed by atoms with van der Waals surface area (Å²) < 4.78 is 5.77. The molecular formula is C24H24N4O4S. The number of rotatable bonds is 5. The third-order valence-corrected chi connectivity index (χ3v) is 6.71. The van der Waals surface area contributed by atoms with Crippen LogP contribution in [0.4, 0.5) is 0 Å². The number of nitrogens with zero attached hydrogens (tertiary/aromatic N) is 3. The van der Waals surface area contributed by atoms with E-state index in [1.807, 2.05) is 48.5 Å².